The van der Waals surface area contributed by atoms with Gasteiger partial charge in [-0.1, -0.05) is 35.3 Å². The van der Waals surface area contributed by atoms with E-state index in [1.54, 1.807) is 12.1 Å². The van der Waals surface area contributed by atoms with Crippen LogP contribution in [0.15, 0.2) is 36.4 Å². The zero-order valence-electron chi connectivity index (χ0n) is 16.4. The number of aliphatic hydroxyl groups is 1. The van der Waals surface area contributed by atoms with E-state index < -0.39 is 24.6 Å². The second-order valence-electron chi connectivity index (χ2n) is 7.41. The smallest absolute Gasteiger partial charge is 0.319 e. The lowest BCUT2D eigenvalue weighted by Crippen LogP contribution is -2.41. The Morgan fingerprint density at radius 1 is 1.27 bits per heavy atom. The number of nitrogens with zero attached hydrogens (tertiary/aromatic N) is 1. The number of amides is 2. The van der Waals surface area contributed by atoms with E-state index >= 15 is 0 Å². The minimum absolute atomic E-state index is 0.0250. The summed E-state index contributed by atoms with van der Waals surface area (Å²) in [5, 5.41) is 24.4. The van der Waals surface area contributed by atoms with Crippen LogP contribution in [0.5, 0.6) is 0 Å². The van der Waals surface area contributed by atoms with E-state index in [4.69, 9.17) is 28.3 Å². The minimum Gasteiger partial charge on any atom is -0.481 e. The maximum absolute atomic E-state index is 12.2. The van der Waals surface area contributed by atoms with Crippen LogP contribution in [0.3, 0.4) is 0 Å². The van der Waals surface area contributed by atoms with Crippen molar-refractivity contribution in [2.75, 3.05) is 25.5 Å². The van der Waals surface area contributed by atoms with E-state index in [1.165, 1.54) is 0 Å². The molecule has 0 fully saturated rings. The normalized spacial score (nSPS) is 17.1. The SMILES string of the molecule is CN1Cc2c(Cl)cc(Cl)cc2[C@@H](c2cccc(NC(=O)N[C@H](CO)CC(=O)O)c2)C1. The summed E-state index contributed by atoms with van der Waals surface area (Å²) >= 11 is 12.7. The fourth-order valence-electron chi connectivity index (χ4n) is 3.69. The van der Waals surface area contributed by atoms with Gasteiger partial charge in [-0.2, -0.15) is 0 Å². The Kier molecular flexibility index (Phi) is 7.20. The first-order valence-electron chi connectivity index (χ1n) is 9.43. The first kappa shape index (κ1) is 22.4. The number of benzene rings is 2. The molecule has 9 heteroatoms. The number of carbonyl (C=O) groups excluding carboxylic acids is 1. The number of aliphatic hydroxyl groups excluding tert-OH is 1. The lowest BCUT2D eigenvalue weighted by atomic mass is 9.84. The largest absolute Gasteiger partial charge is 0.481 e. The summed E-state index contributed by atoms with van der Waals surface area (Å²) in [5.41, 5.74) is 3.65. The topological polar surface area (TPSA) is 102 Å². The zero-order chi connectivity index (χ0) is 21.8. The van der Waals surface area contributed by atoms with Crippen molar-refractivity contribution in [1.82, 2.24) is 10.2 Å². The molecule has 2 aromatic carbocycles. The molecule has 0 saturated carbocycles. The van der Waals surface area contributed by atoms with Crippen LogP contribution >= 0.6 is 23.2 Å². The number of nitrogens with one attached hydrogen (secondary N) is 2. The second kappa shape index (κ2) is 9.66. The molecule has 1 aliphatic rings. The van der Waals surface area contributed by atoms with E-state index in [0.29, 0.717) is 15.7 Å². The number of fused-ring (bicyclic) bond motifs is 1. The molecule has 3 rings (SSSR count). The Bertz CT molecular complexity index is 954. The average Bonchev–Trinajstić information content (AvgIpc) is 2.67. The number of aliphatic carboxylic acids is 1. The molecule has 1 aliphatic heterocycles. The van der Waals surface area contributed by atoms with Crippen LogP contribution in [0.1, 0.15) is 29.0 Å². The van der Waals surface area contributed by atoms with E-state index in [9.17, 15) is 14.7 Å². The molecule has 2 aromatic rings. The molecule has 0 aliphatic carbocycles. The number of likely N-dealkylation sites (N-methyl/N-ethyl adjacent to an activating group) is 1. The number of carbonyl (C=O) groups is 2. The summed E-state index contributed by atoms with van der Waals surface area (Å²) in [6.07, 6.45) is -0.364. The summed E-state index contributed by atoms with van der Waals surface area (Å²) < 4.78 is 0. The highest BCUT2D eigenvalue weighted by Gasteiger charge is 2.27. The fourth-order valence-corrected chi connectivity index (χ4v) is 4.26. The first-order chi connectivity index (χ1) is 14.3. The van der Waals surface area contributed by atoms with Gasteiger partial charge in [0.15, 0.2) is 0 Å². The van der Waals surface area contributed by atoms with Crippen LogP contribution in [0.2, 0.25) is 10.0 Å². The zero-order valence-corrected chi connectivity index (χ0v) is 17.9. The van der Waals surface area contributed by atoms with Crippen molar-refractivity contribution in [2.45, 2.75) is 24.9 Å². The van der Waals surface area contributed by atoms with Crippen LogP contribution in [0.25, 0.3) is 0 Å². The van der Waals surface area contributed by atoms with Crippen LogP contribution in [0.4, 0.5) is 10.5 Å². The predicted molar refractivity (Wildman–Crippen MR) is 116 cm³/mol. The third-order valence-corrected chi connectivity index (χ3v) is 5.57. The van der Waals surface area contributed by atoms with Gasteiger partial charge in [-0.25, -0.2) is 4.79 Å². The van der Waals surface area contributed by atoms with Gasteiger partial charge in [-0.05, 0) is 48.0 Å². The average molecular weight is 452 g/mol. The Morgan fingerprint density at radius 3 is 2.73 bits per heavy atom. The standard InChI is InChI=1S/C21H23Cl2N3O4/c1-26-9-17(16-6-13(22)7-19(23)18(16)10-26)12-3-2-4-14(5-12)24-21(30)25-15(11-27)8-20(28)29/h2-7,15,17,27H,8-11H2,1H3,(H,28,29)(H2,24,25,30)/t15-,17+/m0/s1. The summed E-state index contributed by atoms with van der Waals surface area (Å²) in [7, 11) is 2.02. The summed E-state index contributed by atoms with van der Waals surface area (Å²) in [4.78, 5) is 25.2. The molecule has 0 unspecified atom stereocenters. The van der Waals surface area contributed by atoms with E-state index in [2.05, 4.69) is 15.5 Å². The van der Waals surface area contributed by atoms with Gasteiger partial charge < -0.3 is 25.7 Å². The van der Waals surface area contributed by atoms with E-state index in [1.807, 2.05) is 31.3 Å². The van der Waals surface area contributed by atoms with Crippen LogP contribution in [-0.2, 0) is 11.3 Å². The Hall–Kier alpha value is -2.32. The highest BCUT2D eigenvalue weighted by Crippen LogP contribution is 2.38. The molecule has 2 atom stereocenters. The van der Waals surface area contributed by atoms with Crippen molar-refractivity contribution in [1.29, 1.82) is 0 Å². The number of halogens is 2. The number of anilines is 1. The molecular formula is C21H23Cl2N3O4. The number of rotatable bonds is 6. The van der Waals surface area contributed by atoms with Crippen molar-refractivity contribution < 1.29 is 19.8 Å². The molecule has 30 heavy (non-hydrogen) atoms. The monoisotopic (exact) mass is 451 g/mol. The third-order valence-electron chi connectivity index (χ3n) is 5.02. The maximum Gasteiger partial charge on any atom is 0.319 e. The van der Waals surface area contributed by atoms with Crippen LogP contribution < -0.4 is 10.6 Å². The molecule has 160 valence electrons. The van der Waals surface area contributed by atoms with Crippen LogP contribution in [-0.4, -0.2) is 53.4 Å². The van der Waals surface area contributed by atoms with Gasteiger partial charge in [0.2, 0.25) is 0 Å². The summed E-state index contributed by atoms with van der Waals surface area (Å²) in [5.74, 6) is -1.08. The number of hydrogen-bond donors (Lipinski definition) is 4. The summed E-state index contributed by atoms with van der Waals surface area (Å²) in [6.45, 7) is 1.03. The minimum atomic E-state index is -1.10. The van der Waals surface area contributed by atoms with Crippen molar-refractivity contribution in [2.24, 2.45) is 0 Å². The lowest BCUT2D eigenvalue weighted by molar-refractivity contribution is -0.137. The Labute approximate surface area is 184 Å². The molecule has 7 nitrogen and oxygen atoms in total. The van der Waals surface area contributed by atoms with Gasteiger partial charge in [0.1, 0.15) is 0 Å². The highest BCUT2D eigenvalue weighted by atomic mass is 35.5. The molecule has 0 saturated heterocycles. The second-order valence-corrected chi connectivity index (χ2v) is 8.25. The molecule has 0 radical (unpaired) electrons. The molecule has 1 heterocycles. The number of hydrogen-bond acceptors (Lipinski definition) is 4. The molecule has 0 spiro atoms. The van der Waals surface area contributed by atoms with Crippen molar-refractivity contribution in [3.05, 3.63) is 63.1 Å². The number of carboxylic acids is 1. The van der Waals surface area contributed by atoms with Gasteiger partial charge in [0.05, 0.1) is 19.1 Å². The highest BCUT2D eigenvalue weighted by molar-refractivity contribution is 6.35. The maximum atomic E-state index is 12.2. The molecule has 0 aromatic heterocycles. The third kappa shape index (κ3) is 5.43. The fraction of sp³-hybridized carbons (Fsp3) is 0.333. The van der Waals surface area contributed by atoms with Gasteiger partial charge in [0, 0.05) is 34.7 Å². The lowest BCUT2D eigenvalue weighted by Gasteiger charge is -2.33. The quantitative estimate of drug-likeness (QED) is 0.537. The van der Waals surface area contributed by atoms with Gasteiger partial charge in [-0.15, -0.1) is 0 Å². The van der Waals surface area contributed by atoms with E-state index in [-0.39, 0.29) is 12.3 Å². The molecular weight excluding hydrogens is 429 g/mol. The Morgan fingerprint density at radius 2 is 2.03 bits per heavy atom. The number of carboxylic acid groups (broad SMARTS) is 1. The molecule has 0 bridgehead atoms. The van der Waals surface area contributed by atoms with Crippen molar-refractivity contribution in [3.63, 3.8) is 0 Å². The van der Waals surface area contributed by atoms with Gasteiger partial charge >= 0.3 is 12.0 Å². The first-order valence-corrected chi connectivity index (χ1v) is 10.2. The Balaban J connectivity index is 1.81. The van der Waals surface area contributed by atoms with Crippen LogP contribution in [0, 0.1) is 0 Å². The van der Waals surface area contributed by atoms with Gasteiger partial charge in [0.25, 0.3) is 0 Å². The van der Waals surface area contributed by atoms with E-state index in [0.717, 1.165) is 29.8 Å². The number of urea groups is 1. The molecule has 2 amide bonds. The summed E-state index contributed by atoms with van der Waals surface area (Å²) in [6, 6.07) is 9.66. The predicted octanol–water partition coefficient (Wildman–Crippen LogP) is 3.53. The molecule has 4 N–H and O–H groups in total. The van der Waals surface area contributed by atoms with Crippen molar-refractivity contribution in [3.8, 4) is 0 Å². The van der Waals surface area contributed by atoms with Crippen molar-refractivity contribution >= 4 is 40.9 Å². The van der Waals surface area contributed by atoms with Gasteiger partial charge in [-0.3, -0.25) is 4.79 Å².